The zero-order valence-corrected chi connectivity index (χ0v) is 16.4. The highest BCUT2D eigenvalue weighted by molar-refractivity contribution is 8.13. The molecular formula is C19H21FN2O2S2. The van der Waals surface area contributed by atoms with Gasteiger partial charge in [-0.25, -0.2) is 4.39 Å². The number of rotatable bonds is 6. The Bertz CT molecular complexity index is 850. The summed E-state index contributed by atoms with van der Waals surface area (Å²) in [6, 6.07) is 6.61. The number of nitrogens with two attached hydrogens (primary N) is 1. The maximum absolute atomic E-state index is 14.5. The van der Waals surface area contributed by atoms with Crippen LogP contribution in [-0.4, -0.2) is 23.3 Å². The number of aliphatic imine (C=N–C) groups is 1. The third-order valence-corrected chi connectivity index (χ3v) is 6.09. The average molecular weight is 393 g/mol. The Labute approximate surface area is 160 Å². The summed E-state index contributed by atoms with van der Waals surface area (Å²) in [5.74, 6) is 1.05. The fraction of sp³-hybridized carbons (Fsp3) is 0.368. The number of ketones is 1. The van der Waals surface area contributed by atoms with Crippen LogP contribution >= 0.6 is 23.1 Å². The van der Waals surface area contributed by atoms with E-state index in [-0.39, 0.29) is 18.0 Å². The zero-order chi connectivity index (χ0) is 18.7. The second kappa shape index (κ2) is 7.80. The molecule has 138 valence electrons. The van der Waals surface area contributed by atoms with E-state index < -0.39 is 5.54 Å². The van der Waals surface area contributed by atoms with Crippen LogP contribution in [0.1, 0.15) is 41.1 Å². The SMILES string of the molecule is CCOc1ccsc1C(=O)Cc1ccc(F)c([C@]2(C)CCSC(N)=N2)c1. The Balaban J connectivity index is 1.87. The molecule has 1 atom stereocenters. The number of thiophene rings is 1. The Hall–Kier alpha value is -1.86. The van der Waals surface area contributed by atoms with Crippen molar-refractivity contribution in [2.24, 2.45) is 10.7 Å². The number of nitrogens with zero attached hydrogens (tertiary/aromatic N) is 1. The molecule has 3 rings (SSSR count). The standard InChI is InChI=1S/C19H21FN2O2S2/c1-3-24-16-6-8-25-17(16)15(23)11-12-4-5-14(20)13(10-12)19(2)7-9-26-18(21)22-19/h4-6,8,10H,3,7,9,11H2,1-2H3,(H2,21,22)/t19-/m0/s1. The number of carbonyl (C=O) groups is 1. The number of amidine groups is 1. The number of thioether (sulfide) groups is 1. The predicted molar refractivity (Wildman–Crippen MR) is 106 cm³/mol. The summed E-state index contributed by atoms with van der Waals surface area (Å²) >= 11 is 2.84. The lowest BCUT2D eigenvalue weighted by atomic mass is 9.87. The van der Waals surface area contributed by atoms with Crippen LogP contribution in [0.3, 0.4) is 0 Å². The molecule has 4 nitrogen and oxygen atoms in total. The molecule has 1 aliphatic heterocycles. The first-order valence-corrected chi connectivity index (χ1v) is 10.3. The molecule has 2 heterocycles. The van der Waals surface area contributed by atoms with Crippen molar-refractivity contribution in [3.8, 4) is 5.75 Å². The normalized spacial score (nSPS) is 19.9. The van der Waals surface area contributed by atoms with Crippen molar-refractivity contribution in [2.45, 2.75) is 32.2 Å². The Morgan fingerprint density at radius 3 is 2.96 bits per heavy atom. The van der Waals surface area contributed by atoms with Crippen LogP contribution < -0.4 is 10.5 Å². The van der Waals surface area contributed by atoms with Gasteiger partial charge in [-0.2, -0.15) is 0 Å². The van der Waals surface area contributed by atoms with Gasteiger partial charge in [-0.3, -0.25) is 9.79 Å². The van der Waals surface area contributed by atoms with Gasteiger partial charge < -0.3 is 10.5 Å². The van der Waals surface area contributed by atoms with Crippen LogP contribution in [0.25, 0.3) is 0 Å². The first-order chi connectivity index (χ1) is 12.4. The smallest absolute Gasteiger partial charge is 0.180 e. The topological polar surface area (TPSA) is 64.7 Å². The lowest BCUT2D eigenvalue weighted by Gasteiger charge is -2.30. The van der Waals surface area contributed by atoms with Crippen LogP contribution in [0, 0.1) is 5.82 Å². The summed E-state index contributed by atoms with van der Waals surface area (Å²) in [6.07, 6.45) is 0.893. The molecule has 0 amide bonds. The predicted octanol–water partition coefficient (Wildman–Crippen LogP) is 4.38. The molecular weight excluding hydrogens is 371 g/mol. The summed E-state index contributed by atoms with van der Waals surface area (Å²) in [6.45, 7) is 4.27. The molecule has 1 aliphatic rings. The van der Waals surface area contributed by atoms with E-state index in [0.717, 1.165) is 11.3 Å². The van der Waals surface area contributed by atoms with Gasteiger partial charge in [0.15, 0.2) is 11.0 Å². The minimum Gasteiger partial charge on any atom is -0.492 e. The van der Waals surface area contributed by atoms with Gasteiger partial charge in [-0.1, -0.05) is 17.8 Å². The molecule has 0 spiro atoms. The van der Waals surface area contributed by atoms with E-state index in [2.05, 4.69) is 4.99 Å². The van der Waals surface area contributed by atoms with Crippen molar-refractivity contribution in [2.75, 3.05) is 12.4 Å². The minimum atomic E-state index is -0.697. The van der Waals surface area contributed by atoms with Gasteiger partial charge in [0, 0.05) is 17.7 Å². The van der Waals surface area contributed by atoms with Gasteiger partial charge in [-0.15, -0.1) is 11.3 Å². The second-order valence-electron chi connectivity index (χ2n) is 6.28. The van der Waals surface area contributed by atoms with Gasteiger partial charge >= 0.3 is 0 Å². The van der Waals surface area contributed by atoms with Crippen molar-refractivity contribution in [1.29, 1.82) is 0 Å². The monoisotopic (exact) mass is 392 g/mol. The Kier molecular flexibility index (Phi) is 5.67. The number of hydrogen-bond acceptors (Lipinski definition) is 6. The molecule has 0 saturated carbocycles. The van der Waals surface area contributed by atoms with E-state index >= 15 is 0 Å². The van der Waals surface area contributed by atoms with Crippen molar-refractivity contribution in [1.82, 2.24) is 0 Å². The van der Waals surface area contributed by atoms with E-state index in [9.17, 15) is 9.18 Å². The molecule has 0 saturated heterocycles. The second-order valence-corrected chi connectivity index (χ2v) is 8.31. The van der Waals surface area contributed by atoms with Gasteiger partial charge in [0.1, 0.15) is 16.4 Å². The number of halogens is 1. The molecule has 0 unspecified atom stereocenters. The molecule has 0 fully saturated rings. The fourth-order valence-electron chi connectivity index (χ4n) is 3.01. The lowest BCUT2D eigenvalue weighted by molar-refractivity contribution is 0.0993. The van der Waals surface area contributed by atoms with Crippen molar-refractivity contribution in [3.63, 3.8) is 0 Å². The van der Waals surface area contributed by atoms with Gasteiger partial charge in [0.05, 0.1) is 12.1 Å². The number of hydrogen-bond donors (Lipinski definition) is 1. The highest BCUT2D eigenvalue weighted by Gasteiger charge is 2.32. The summed E-state index contributed by atoms with van der Waals surface area (Å²) in [4.78, 5) is 17.7. The molecule has 1 aromatic carbocycles. The third-order valence-electron chi connectivity index (χ3n) is 4.35. The van der Waals surface area contributed by atoms with Gasteiger partial charge in [0.25, 0.3) is 0 Å². The van der Waals surface area contributed by atoms with Crippen molar-refractivity contribution < 1.29 is 13.9 Å². The fourth-order valence-corrected chi connectivity index (χ4v) is 4.76. The van der Waals surface area contributed by atoms with Crippen LogP contribution in [0.5, 0.6) is 5.75 Å². The van der Waals surface area contributed by atoms with Crippen LogP contribution in [-0.2, 0) is 12.0 Å². The first-order valence-electron chi connectivity index (χ1n) is 8.43. The Morgan fingerprint density at radius 1 is 1.42 bits per heavy atom. The largest absolute Gasteiger partial charge is 0.492 e. The number of ether oxygens (including phenoxy) is 1. The van der Waals surface area contributed by atoms with E-state index in [1.54, 1.807) is 18.2 Å². The van der Waals surface area contributed by atoms with Gasteiger partial charge in [0.2, 0.25) is 0 Å². The average Bonchev–Trinajstić information content (AvgIpc) is 3.05. The molecule has 2 N–H and O–H groups in total. The third kappa shape index (κ3) is 3.94. The highest BCUT2D eigenvalue weighted by atomic mass is 32.2. The molecule has 7 heteroatoms. The maximum Gasteiger partial charge on any atom is 0.180 e. The number of benzene rings is 1. The van der Waals surface area contributed by atoms with Crippen LogP contribution in [0.2, 0.25) is 0 Å². The van der Waals surface area contributed by atoms with E-state index in [0.29, 0.717) is 34.4 Å². The molecule has 0 aliphatic carbocycles. The quantitative estimate of drug-likeness (QED) is 0.741. The molecule has 0 radical (unpaired) electrons. The van der Waals surface area contributed by atoms with Gasteiger partial charge in [-0.05, 0) is 49.4 Å². The summed E-state index contributed by atoms with van der Waals surface area (Å²) in [5.41, 5.74) is 6.40. The van der Waals surface area contributed by atoms with Crippen LogP contribution in [0.15, 0.2) is 34.6 Å². The zero-order valence-electron chi connectivity index (χ0n) is 14.8. The van der Waals surface area contributed by atoms with E-state index in [4.69, 9.17) is 10.5 Å². The van der Waals surface area contributed by atoms with Crippen molar-refractivity contribution in [3.05, 3.63) is 51.5 Å². The van der Waals surface area contributed by atoms with E-state index in [1.807, 2.05) is 19.2 Å². The number of carbonyl (C=O) groups excluding carboxylic acids is 1. The van der Waals surface area contributed by atoms with Crippen LogP contribution in [0.4, 0.5) is 4.39 Å². The minimum absolute atomic E-state index is 0.0339. The summed E-state index contributed by atoms with van der Waals surface area (Å²) in [7, 11) is 0. The highest BCUT2D eigenvalue weighted by Crippen LogP contribution is 2.37. The molecule has 2 aromatic rings. The maximum atomic E-state index is 14.5. The molecule has 0 bridgehead atoms. The number of Topliss-reactive ketones (excluding diaryl/α,β-unsaturated/α-hetero) is 1. The summed E-state index contributed by atoms with van der Waals surface area (Å²) < 4.78 is 20.0. The molecule has 26 heavy (non-hydrogen) atoms. The first kappa shape index (κ1) is 18.9. The Morgan fingerprint density at radius 2 is 2.23 bits per heavy atom. The molecule has 1 aromatic heterocycles. The lowest BCUT2D eigenvalue weighted by Crippen LogP contribution is -2.29. The van der Waals surface area contributed by atoms with E-state index in [1.165, 1.54) is 29.2 Å². The summed E-state index contributed by atoms with van der Waals surface area (Å²) in [5, 5.41) is 2.31. The van der Waals surface area contributed by atoms with Crippen molar-refractivity contribution >= 4 is 34.0 Å².